The van der Waals surface area contributed by atoms with Crippen molar-refractivity contribution in [1.82, 2.24) is 19.9 Å². The smallest absolute Gasteiger partial charge is 0.657 e. The Labute approximate surface area is 386 Å². The van der Waals surface area contributed by atoms with Gasteiger partial charge in [-0.05, 0) is 70.8 Å². The van der Waals surface area contributed by atoms with E-state index in [4.69, 9.17) is 57.8 Å². The molecule has 2 aliphatic rings. The molecule has 2 aliphatic heterocycles. The van der Waals surface area contributed by atoms with E-state index in [1.54, 1.807) is 56.9 Å². The van der Waals surface area contributed by atoms with E-state index in [2.05, 4.69) is 0 Å². The zero-order valence-electron chi connectivity index (χ0n) is 36.9. The van der Waals surface area contributed by atoms with Crippen molar-refractivity contribution in [2.24, 2.45) is 0 Å². The van der Waals surface area contributed by atoms with E-state index < -0.39 is 0 Å². The molecule has 0 fully saturated rings. The van der Waals surface area contributed by atoms with Gasteiger partial charge in [-0.25, -0.2) is 9.97 Å². The Kier molecular flexibility index (Phi) is 12.6. The van der Waals surface area contributed by atoms with Crippen molar-refractivity contribution >= 4 is 46.4 Å². The molecule has 5 heterocycles. The van der Waals surface area contributed by atoms with Gasteiger partial charge in [0.25, 0.3) is 0 Å². The molecule has 7 aromatic rings. The van der Waals surface area contributed by atoms with Crippen LogP contribution in [0.4, 0.5) is 0 Å². The summed E-state index contributed by atoms with van der Waals surface area (Å²) in [6, 6.07) is 30.9. The van der Waals surface area contributed by atoms with Gasteiger partial charge in [0, 0.05) is 22.3 Å². The Balaban J connectivity index is 0.00000576. The summed E-state index contributed by atoms with van der Waals surface area (Å²) in [5.74, 6) is 4.35. The molecule has 0 aliphatic carbocycles. The molecule has 12 nitrogen and oxygen atoms in total. The van der Waals surface area contributed by atoms with Gasteiger partial charge in [-0.15, -0.1) is 22.1 Å². The van der Waals surface area contributed by atoms with Crippen LogP contribution >= 0.6 is 0 Å². The Morgan fingerprint density at radius 2 is 0.538 bits per heavy atom. The minimum absolute atomic E-state index is 0. The number of hydrogen-bond acceptors (Lipinski definition) is 10. The van der Waals surface area contributed by atoms with Crippen molar-refractivity contribution in [1.29, 1.82) is 0 Å². The van der Waals surface area contributed by atoms with Crippen molar-refractivity contribution in [3.05, 3.63) is 120 Å². The summed E-state index contributed by atoms with van der Waals surface area (Å²) in [5, 5.41) is 0. The molecule has 0 atom stereocenters. The van der Waals surface area contributed by atoms with Crippen LogP contribution < -0.4 is 47.9 Å². The maximum Gasteiger partial charge on any atom is 2.00 e. The van der Waals surface area contributed by atoms with Gasteiger partial charge in [0.15, 0.2) is 46.0 Å². The fourth-order valence-electron chi connectivity index (χ4n) is 8.53. The summed E-state index contributed by atoms with van der Waals surface area (Å²) < 4.78 is 47.4. The molecule has 0 N–H and O–H groups in total. The number of ether oxygens (including phenoxy) is 8. The third kappa shape index (κ3) is 7.58. The zero-order valence-corrected chi connectivity index (χ0v) is 37.8. The third-order valence-electron chi connectivity index (χ3n) is 11.3. The molecular formula is C52H44CuN4O8. The second-order valence-corrected chi connectivity index (χ2v) is 14.5. The van der Waals surface area contributed by atoms with Crippen molar-refractivity contribution in [2.75, 3.05) is 56.9 Å². The molecule has 1 radical (unpaired) electrons. The molecule has 0 saturated carbocycles. The van der Waals surface area contributed by atoms with Crippen LogP contribution in [0.5, 0.6) is 46.0 Å². The van der Waals surface area contributed by atoms with Gasteiger partial charge < -0.3 is 47.9 Å². The number of aromatic nitrogens is 4. The van der Waals surface area contributed by atoms with Crippen LogP contribution in [0.15, 0.2) is 97.1 Å². The normalized spacial score (nSPS) is 11.4. The van der Waals surface area contributed by atoms with E-state index in [-0.39, 0.29) is 17.1 Å². The van der Waals surface area contributed by atoms with Crippen LogP contribution in [-0.4, -0.2) is 66.8 Å². The second kappa shape index (κ2) is 18.6. The Morgan fingerprint density at radius 3 is 0.738 bits per heavy atom. The summed E-state index contributed by atoms with van der Waals surface area (Å²) in [4.78, 5) is 21.6. The molecule has 0 amide bonds. The van der Waals surface area contributed by atoms with Crippen molar-refractivity contribution in [3.63, 3.8) is 0 Å². The summed E-state index contributed by atoms with van der Waals surface area (Å²) in [6.07, 6.45) is 7.91. The van der Waals surface area contributed by atoms with Crippen LogP contribution in [0.25, 0.3) is 90.9 Å². The fraction of sp³-hybridized carbons (Fsp3) is 0.154. The van der Waals surface area contributed by atoms with Gasteiger partial charge in [-0.1, -0.05) is 72.8 Å². The van der Waals surface area contributed by atoms with E-state index in [9.17, 15) is 0 Å². The Hall–Kier alpha value is -7.60. The number of fused-ring (bicyclic) bond motifs is 8. The average Bonchev–Trinajstić information content (AvgIpc) is 4.19. The SMILES string of the molecule is COc1cccc(-c2c3nc(c(-c4cccc(OC)c4OC)c4ccc([n-]4)c(-c4cccc(OC)c4OC)c4nc(c(-c5cccc(OC)c5OC)c5ccc2[n-]5)C=C4)C=C3)c1OC.[Cu+2]. The van der Waals surface area contributed by atoms with Gasteiger partial charge >= 0.3 is 17.1 Å². The predicted octanol–water partition coefficient (Wildman–Crippen LogP) is 10.6. The first-order valence-corrected chi connectivity index (χ1v) is 20.3. The van der Waals surface area contributed by atoms with Crippen molar-refractivity contribution in [2.45, 2.75) is 0 Å². The molecule has 4 aromatic carbocycles. The molecule has 13 heteroatoms. The first kappa shape index (κ1) is 44.0. The number of para-hydroxylation sites is 4. The molecule has 0 spiro atoms. The van der Waals surface area contributed by atoms with Crippen molar-refractivity contribution in [3.8, 4) is 90.5 Å². The number of hydrogen-bond donors (Lipinski definition) is 0. The van der Waals surface area contributed by atoms with E-state index in [1.165, 1.54) is 0 Å². The molecule has 0 unspecified atom stereocenters. The maximum absolute atomic E-state index is 6.05. The summed E-state index contributed by atoms with van der Waals surface area (Å²) in [6.45, 7) is 0. The molecule has 8 bridgehead atoms. The summed E-state index contributed by atoms with van der Waals surface area (Å²) >= 11 is 0. The first-order valence-electron chi connectivity index (χ1n) is 20.3. The van der Waals surface area contributed by atoms with Gasteiger partial charge in [-0.2, -0.15) is 0 Å². The van der Waals surface area contributed by atoms with Crippen LogP contribution in [-0.2, 0) is 17.1 Å². The quantitative estimate of drug-likeness (QED) is 0.108. The standard InChI is InChI=1S/C52H44N4O8.Cu/c1-57-41-17-9-13-29(49(41)61-5)45-33-21-23-35(53-33)46(30-14-10-18-42(58-2)50(30)62-6)37-25-27-39(55-37)48(32-16-12-20-44(60-4)52(32)64-8)40-28-26-38(56-40)47(36-24-22-34(45)54-36)31-15-11-19-43(59-3)51(31)63-7;/h9-28H,1-8H3;/q-2;+2. The number of benzene rings is 4. The first-order chi connectivity index (χ1) is 31.4. The summed E-state index contributed by atoms with van der Waals surface area (Å²) in [5.41, 5.74) is 10.8. The Morgan fingerprint density at radius 1 is 0.308 bits per heavy atom. The monoisotopic (exact) mass is 915 g/mol. The largest absolute Gasteiger partial charge is 2.00 e. The molecule has 65 heavy (non-hydrogen) atoms. The van der Waals surface area contributed by atoms with Crippen molar-refractivity contribution < 1.29 is 55.0 Å². The van der Waals surface area contributed by atoms with E-state index in [0.717, 1.165) is 22.3 Å². The van der Waals surface area contributed by atoms with Gasteiger partial charge in [-0.3, -0.25) is 0 Å². The molecule has 9 rings (SSSR count). The van der Waals surface area contributed by atoms with Crippen LogP contribution in [0, 0.1) is 0 Å². The zero-order chi connectivity index (χ0) is 44.5. The minimum atomic E-state index is 0. The minimum Gasteiger partial charge on any atom is -0.657 e. The number of nitrogens with zero attached hydrogens (tertiary/aromatic N) is 4. The predicted molar refractivity (Wildman–Crippen MR) is 251 cm³/mol. The average molecular weight is 916 g/mol. The fourth-order valence-corrected chi connectivity index (χ4v) is 8.53. The molecule has 331 valence electrons. The van der Waals surface area contributed by atoms with Crippen LogP contribution in [0.2, 0.25) is 0 Å². The summed E-state index contributed by atoms with van der Waals surface area (Å²) in [7, 11) is 12.9. The van der Waals surface area contributed by atoms with Crippen LogP contribution in [0.3, 0.4) is 0 Å². The third-order valence-corrected chi connectivity index (χ3v) is 11.3. The van der Waals surface area contributed by atoms with E-state index in [0.29, 0.717) is 113 Å². The number of rotatable bonds is 12. The number of methoxy groups -OCH3 is 8. The topological polar surface area (TPSA) is 128 Å². The van der Waals surface area contributed by atoms with Crippen LogP contribution in [0.1, 0.15) is 22.8 Å². The van der Waals surface area contributed by atoms with E-state index >= 15 is 0 Å². The van der Waals surface area contributed by atoms with E-state index in [1.807, 2.05) is 121 Å². The Bertz CT molecular complexity index is 2780. The van der Waals surface area contributed by atoms with Gasteiger partial charge in [0.2, 0.25) is 0 Å². The molecule has 0 saturated heterocycles. The van der Waals surface area contributed by atoms with Gasteiger partial charge in [0.05, 0.1) is 79.7 Å². The second-order valence-electron chi connectivity index (χ2n) is 14.5. The maximum atomic E-state index is 6.05. The van der Waals surface area contributed by atoms with Gasteiger partial charge in [0.1, 0.15) is 0 Å². The molecule has 3 aromatic heterocycles. The molecular weight excluding hydrogens is 872 g/mol.